The van der Waals surface area contributed by atoms with Gasteiger partial charge in [-0.25, -0.2) is 14.4 Å². The zero-order valence-corrected chi connectivity index (χ0v) is 18.5. The number of nitrogens with one attached hydrogen (secondary N) is 1. The molecule has 1 aliphatic rings. The van der Waals surface area contributed by atoms with Crippen molar-refractivity contribution in [2.75, 3.05) is 43.9 Å². The van der Waals surface area contributed by atoms with Crippen LogP contribution in [-0.2, 0) is 4.79 Å². The Morgan fingerprint density at radius 2 is 1.91 bits per heavy atom. The van der Waals surface area contributed by atoms with Crippen LogP contribution in [0.15, 0.2) is 60.8 Å². The molecule has 0 aliphatic carbocycles. The molecule has 1 atom stereocenters. The van der Waals surface area contributed by atoms with E-state index in [0.29, 0.717) is 12.5 Å². The number of anilines is 2. The largest absolute Gasteiger partial charge is 0.347 e. The molecule has 0 unspecified atom stereocenters. The van der Waals surface area contributed by atoms with Gasteiger partial charge in [-0.2, -0.15) is 0 Å². The molecule has 0 spiro atoms. The van der Waals surface area contributed by atoms with E-state index in [2.05, 4.69) is 27.3 Å². The second-order valence-electron chi connectivity index (χ2n) is 8.33. The maximum atomic E-state index is 13.9. The van der Waals surface area contributed by atoms with E-state index in [1.807, 2.05) is 43.4 Å². The van der Waals surface area contributed by atoms with E-state index >= 15 is 0 Å². The van der Waals surface area contributed by atoms with Crippen LogP contribution in [0.1, 0.15) is 24.5 Å². The zero-order valence-electron chi connectivity index (χ0n) is 18.5. The van der Waals surface area contributed by atoms with Gasteiger partial charge in [0.25, 0.3) is 0 Å². The summed E-state index contributed by atoms with van der Waals surface area (Å²) in [6, 6.07) is 16.4. The van der Waals surface area contributed by atoms with Gasteiger partial charge in [0.15, 0.2) is 0 Å². The summed E-state index contributed by atoms with van der Waals surface area (Å²) in [6.45, 7) is 1.76. The SMILES string of the molecule is CN(C)c1ncc(-c2ccccc2)c([C@H]2CCCN(CC(=O)Nc3ccccc3F)C2)n1. The van der Waals surface area contributed by atoms with Crippen LogP contribution in [0.5, 0.6) is 0 Å². The van der Waals surface area contributed by atoms with Gasteiger partial charge in [-0.3, -0.25) is 9.69 Å². The van der Waals surface area contributed by atoms with E-state index in [4.69, 9.17) is 4.98 Å². The van der Waals surface area contributed by atoms with Crippen molar-refractivity contribution in [2.24, 2.45) is 0 Å². The summed E-state index contributed by atoms with van der Waals surface area (Å²) in [6.07, 6.45) is 3.86. The van der Waals surface area contributed by atoms with Crippen LogP contribution >= 0.6 is 0 Å². The Bertz CT molecular complexity index is 1070. The van der Waals surface area contributed by atoms with Crippen LogP contribution in [-0.4, -0.2) is 54.5 Å². The first-order chi connectivity index (χ1) is 15.5. The molecule has 1 fully saturated rings. The minimum absolute atomic E-state index is 0.182. The Labute approximate surface area is 188 Å². The van der Waals surface area contributed by atoms with Gasteiger partial charge in [0, 0.05) is 38.3 Å². The maximum Gasteiger partial charge on any atom is 0.238 e. The van der Waals surface area contributed by atoms with E-state index in [1.165, 1.54) is 6.07 Å². The average Bonchev–Trinajstić information content (AvgIpc) is 2.81. The van der Waals surface area contributed by atoms with Gasteiger partial charge in [-0.05, 0) is 37.1 Å². The summed E-state index contributed by atoms with van der Waals surface area (Å²) in [5.74, 6) is 0.216. The fourth-order valence-electron chi connectivity index (χ4n) is 4.13. The summed E-state index contributed by atoms with van der Waals surface area (Å²) in [5, 5.41) is 2.69. The summed E-state index contributed by atoms with van der Waals surface area (Å²) in [7, 11) is 3.86. The summed E-state index contributed by atoms with van der Waals surface area (Å²) in [5.41, 5.74) is 3.33. The van der Waals surface area contributed by atoms with Gasteiger partial charge < -0.3 is 10.2 Å². The number of benzene rings is 2. The number of piperidine rings is 1. The van der Waals surface area contributed by atoms with Crippen LogP contribution < -0.4 is 10.2 Å². The molecule has 7 heteroatoms. The Hall–Kier alpha value is -3.32. The standard InChI is InChI=1S/C25H28FN5O/c1-30(2)25-27-15-20(18-9-4-3-5-10-18)24(29-25)19-11-8-14-31(16-19)17-23(32)28-22-13-7-6-12-21(22)26/h3-7,9-10,12-13,15,19H,8,11,14,16-17H2,1-2H3,(H,28,32)/t19-/m0/s1. The lowest BCUT2D eigenvalue weighted by Crippen LogP contribution is -2.40. The molecule has 1 N–H and O–H groups in total. The molecule has 3 aromatic rings. The number of likely N-dealkylation sites (tertiary alicyclic amines) is 1. The number of carbonyl (C=O) groups excluding carboxylic acids is 1. The van der Waals surface area contributed by atoms with Crippen molar-refractivity contribution >= 4 is 17.5 Å². The van der Waals surface area contributed by atoms with Crippen molar-refractivity contribution in [1.29, 1.82) is 0 Å². The number of para-hydroxylation sites is 1. The molecule has 6 nitrogen and oxygen atoms in total. The zero-order chi connectivity index (χ0) is 22.5. The third-order valence-electron chi connectivity index (χ3n) is 5.70. The Kier molecular flexibility index (Phi) is 6.75. The molecular formula is C25H28FN5O. The van der Waals surface area contributed by atoms with Crippen LogP contribution in [0.2, 0.25) is 0 Å². The van der Waals surface area contributed by atoms with E-state index < -0.39 is 5.82 Å². The fourth-order valence-corrected chi connectivity index (χ4v) is 4.13. The molecule has 166 valence electrons. The van der Waals surface area contributed by atoms with Crippen molar-refractivity contribution in [1.82, 2.24) is 14.9 Å². The molecule has 1 amide bonds. The Balaban J connectivity index is 1.53. The van der Waals surface area contributed by atoms with E-state index in [1.54, 1.807) is 18.2 Å². The number of nitrogens with zero attached hydrogens (tertiary/aromatic N) is 4. The number of aromatic nitrogens is 2. The molecule has 1 aliphatic heterocycles. The van der Waals surface area contributed by atoms with Gasteiger partial charge in [-0.1, -0.05) is 42.5 Å². The predicted octanol–water partition coefficient (Wildman–Crippen LogP) is 4.17. The fraction of sp³-hybridized carbons (Fsp3) is 0.320. The number of hydrogen-bond acceptors (Lipinski definition) is 5. The van der Waals surface area contributed by atoms with Gasteiger partial charge in [0.05, 0.1) is 17.9 Å². The van der Waals surface area contributed by atoms with Gasteiger partial charge >= 0.3 is 0 Å². The lowest BCUT2D eigenvalue weighted by molar-refractivity contribution is -0.117. The van der Waals surface area contributed by atoms with Crippen LogP contribution in [0, 0.1) is 5.82 Å². The summed E-state index contributed by atoms with van der Waals surface area (Å²) < 4.78 is 13.9. The van der Waals surface area contributed by atoms with Crippen molar-refractivity contribution in [3.8, 4) is 11.1 Å². The second kappa shape index (κ2) is 9.87. The molecule has 2 aromatic carbocycles. The van der Waals surface area contributed by atoms with E-state index in [9.17, 15) is 9.18 Å². The monoisotopic (exact) mass is 433 g/mol. The van der Waals surface area contributed by atoms with Crippen molar-refractivity contribution in [2.45, 2.75) is 18.8 Å². The number of halogens is 1. The van der Waals surface area contributed by atoms with Crippen LogP contribution in [0.4, 0.5) is 16.0 Å². The average molecular weight is 434 g/mol. The van der Waals surface area contributed by atoms with Crippen molar-refractivity contribution in [3.63, 3.8) is 0 Å². The van der Waals surface area contributed by atoms with Crippen LogP contribution in [0.25, 0.3) is 11.1 Å². The highest BCUT2D eigenvalue weighted by atomic mass is 19.1. The normalized spacial score (nSPS) is 16.5. The van der Waals surface area contributed by atoms with Crippen molar-refractivity contribution < 1.29 is 9.18 Å². The molecule has 1 saturated heterocycles. The first-order valence-corrected chi connectivity index (χ1v) is 10.9. The molecule has 0 radical (unpaired) electrons. The number of amides is 1. The molecule has 1 aromatic heterocycles. The summed E-state index contributed by atoms with van der Waals surface area (Å²) in [4.78, 5) is 26.0. The molecule has 32 heavy (non-hydrogen) atoms. The van der Waals surface area contributed by atoms with E-state index in [0.717, 1.165) is 36.2 Å². The van der Waals surface area contributed by atoms with Crippen molar-refractivity contribution in [3.05, 3.63) is 72.3 Å². The third-order valence-corrected chi connectivity index (χ3v) is 5.70. The second-order valence-corrected chi connectivity index (χ2v) is 8.33. The highest BCUT2D eigenvalue weighted by molar-refractivity contribution is 5.92. The predicted molar refractivity (Wildman–Crippen MR) is 125 cm³/mol. The first-order valence-electron chi connectivity index (χ1n) is 10.9. The number of carbonyl (C=O) groups is 1. The number of rotatable bonds is 6. The quantitative estimate of drug-likeness (QED) is 0.632. The first kappa shape index (κ1) is 21.9. The smallest absolute Gasteiger partial charge is 0.238 e. The third kappa shape index (κ3) is 5.11. The van der Waals surface area contributed by atoms with E-state index in [-0.39, 0.29) is 24.1 Å². The summed E-state index contributed by atoms with van der Waals surface area (Å²) >= 11 is 0. The minimum atomic E-state index is -0.429. The van der Waals surface area contributed by atoms with Crippen LogP contribution in [0.3, 0.4) is 0 Å². The topological polar surface area (TPSA) is 61.4 Å². The highest BCUT2D eigenvalue weighted by Gasteiger charge is 2.27. The van der Waals surface area contributed by atoms with Gasteiger partial charge in [-0.15, -0.1) is 0 Å². The molecule has 0 saturated carbocycles. The lowest BCUT2D eigenvalue weighted by Gasteiger charge is -2.33. The highest BCUT2D eigenvalue weighted by Crippen LogP contribution is 2.33. The maximum absolute atomic E-state index is 13.9. The Morgan fingerprint density at radius 1 is 1.16 bits per heavy atom. The Morgan fingerprint density at radius 3 is 2.66 bits per heavy atom. The molecule has 2 heterocycles. The number of hydrogen-bond donors (Lipinski definition) is 1. The molecular weight excluding hydrogens is 405 g/mol. The van der Waals surface area contributed by atoms with Gasteiger partial charge in [0.1, 0.15) is 5.82 Å². The molecule has 4 rings (SSSR count). The molecule has 0 bridgehead atoms. The van der Waals surface area contributed by atoms with Gasteiger partial charge in [0.2, 0.25) is 11.9 Å². The lowest BCUT2D eigenvalue weighted by atomic mass is 9.90. The minimum Gasteiger partial charge on any atom is -0.347 e.